The molecule has 0 unspecified atom stereocenters. The van der Waals surface area contributed by atoms with Crippen LogP contribution in [0.5, 0.6) is 0 Å². The quantitative estimate of drug-likeness (QED) is 0.605. The van der Waals surface area contributed by atoms with Crippen LogP contribution in [0.15, 0.2) is 12.4 Å². The number of carbonyl (C=O) groups excluding carboxylic acids is 1. The topological polar surface area (TPSA) is 70.5 Å². The van der Waals surface area contributed by atoms with E-state index in [9.17, 15) is 4.79 Å². The molecule has 0 saturated carbocycles. The maximum atomic E-state index is 11.7. The van der Waals surface area contributed by atoms with Gasteiger partial charge in [-0.3, -0.25) is 0 Å². The first kappa shape index (κ1) is 14.9. The maximum Gasteiger partial charge on any atom is 0.514 e. The minimum atomic E-state index is -0.615. The molecule has 20 heavy (non-hydrogen) atoms. The number of hydrogen-bond donors (Lipinski definition) is 0. The number of aromatic nitrogens is 2. The molecule has 0 atom stereocenters. The zero-order valence-corrected chi connectivity index (χ0v) is 12.5. The SMILES string of the molecule is CCOC(=O)c1cc(B2OC(C)(C)C(C)(C)O2)ncn1. The second-order valence-corrected chi connectivity index (χ2v) is 5.64. The van der Waals surface area contributed by atoms with Crippen LogP contribution >= 0.6 is 0 Å². The van der Waals surface area contributed by atoms with E-state index in [-0.39, 0.29) is 5.69 Å². The van der Waals surface area contributed by atoms with Crippen molar-refractivity contribution in [1.82, 2.24) is 9.97 Å². The second-order valence-electron chi connectivity index (χ2n) is 5.64. The van der Waals surface area contributed by atoms with Crippen molar-refractivity contribution in [3.8, 4) is 0 Å². The molecule has 0 bridgehead atoms. The Balaban J connectivity index is 2.23. The zero-order valence-electron chi connectivity index (χ0n) is 12.5. The summed E-state index contributed by atoms with van der Waals surface area (Å²) < 4.78 is 16.7. The van der Waals surface area contributed by atoms with Crippen LogP contribution in [0.4, 0.5) is 0 Å². The van der Waals surface area contributed by atoms with E-state index in [4.69, 9.17) is 14.0 Å². The lowest BCUT2D eigenvalue weighted by Crippen LogP contribution is -2.41. The number of esters is 1. The van der Waals surface area contributed by atoms with Gasteiger partial charge in [0.05, 0.1) is 23.4 Å². The van der Waals surface area contributed by atoms with Gasteiger partial charge in [-0.2, -0.15) is 0 Å². The van der Waals surface area contributed by atoms with E-state index in [0.717, 1.165) is 0 Å². The van der Waals surface area contributed by atoms with Crippen molar-refractivity contribution >= 4 is 18.7 Å². The summed E-state index contributed by atoms with van der Waals surface area (Å²) in [6, 6.07) is 1.54. The standard InChI is InChI=1S/C13H19BN2O4/c1-6-18-11(17)9-7-10(16-8-15-9)14-19-12(2,3)13(4,5)20-14/h7-8H,6H2,1-5H3. The normalized spacial score (nSPS) is 19.9. The molecule has 1 aromatic rings. The zero-order chi connectivity index (χ0) is 15.0. The monoisotopic (exact) mass is 278 g/mol. The van der Waals surface area contributed by atoms with Crippen molar-refractivity contribution in [2.45, 2.75) is 45.8 Å². The van der Waals surface area contributed by atoms with Crippen LogP contribution in [0, 0.1) is 0 Å². The molecule has 1 aliphatic heterocycles. The van der Waals surface area contributed by atoms with Crippen molar-refractivity contribution in [3.05, 3.63) is 18.1 Å². The first-order valence-electron chi connectivity index (χ1n) is 6.61. The van der Waals surface area contributed by atoms with Gasteiger partial charge in [0.25, 0.3) is 0 Å². The van der Waals surface area contributed by atoms with E-state index in [1.54, 1.807) is 13.0 Å². The van der Waals surface area contributed by atoms with E-state index >= 15 is 0 Å². The maximum absolute atomic E-state index is 11.7. The fourth-order valence-corrected chi connectivity index (χ4v) is 1.78. The Morgan fingerprint density at radius 1 is 1.25 bits per heavy atom. The average molecular weight is 278 g/mol. The molecule has 6 nitrogen and oxygen atoms in total. The molecule has 1 fully saturated rings. The Kier molecular flexibility index (Phi) is 3.84. The molecule has 0 radical (unpaired) electrons. The molecule has 2 heterocycles. The smallest absolute Gasteiger partial charge is 0.461 e. The average Bonchev–Trinajstić information content (AvgIpc) is 2.59. The minimum Gasteiger partial charge on any atom is -0.461 e. The van der Waals surface area contributed by atoms with Gasteiger partial charge in [0.2, 0.25) is 0 Å². The molecular weight excluding hydrogens is 259 g/mol. The number of nitrogens with zero attached hydrogens (tertiary/aromatic N) is 2. The fraction of sp³-hybridized carbons (Fsp3) is 0.615. The summed E-state index contributed by atoms with van der Waals surface area (Å²) in [5, 5.41) is 0. The summed E-state index contributed by atoms with van der Waals surface area (Å²) in [6.07, 6.45) is 1.31. The van der Waals surface area contributed by atoms with Gasteiger partial charge >= 0.3 is 13.1 Å². The largest absolute Gasteiger partial charge is 0.514 e. The minimum absolute atomic E-state index is 0.201. The van der Waals surface area contributed by atoms with E-state index in [1.165, 1.54) is 6.33 Å². The third-order valence-electron chi connectivity index (χ3n) is 3.67. The van der Waals surface area contributed by atoms with Crippen molar-refractivity contribution in [3.63, 3.8) is 0 Å². The Labute approximate surface area is 119 Å². The summed E-state index contributed by atoms with van der Waals surface area (Å²) in [7, 11) is -0.615. The van der Waals surface area contributed by atoms with Crippen molar-refractivity contribution < 1.29 is 18.8 Å². The van der Waals surface area contributed by atoms with Crippen molar-refractivity contribution in [2.75, 3.05) is 6.61 Å². The molecule has 0 amide bonds. The summed E-state index contributed by atoms with van der Waals surface area (Å²) in [5.74, 6) is -0.479. The van der Waals surface area contributed by atoms with E-state index in [2.05, 4.69) is 9.97 Å². The molecule has 0 aliphatic carbocycles. The molecule has 0 spiro atoms. The molecule has 2 rings (SSSR count). The van der Waals surface area contributed by atoms with Crippen LogP contribution in [0.1, 0.15) is 45.1 Å². The first-order valence-corrected chi connectivity index (χ1v) is 6.61. The van der Waals surface area contributed by atoms with Crippen LogP contribution < -0.4 is 5.59 Å². The highest BCUT2D eigenvalue weighted by Gasteiger charge is 2.52. The lowest BCUT2D eigenvalue weighted by molar-refractivity contribution is 0.00578. The van der Waals surface area contributed by atoms with Crippen molar-refractivity contribution in [2.24, 2.45) is 0 Å². The molecule has 7 heteroatoms. The second kappa shape index (κ2) is 5.14. The van der Waals surface area contributed by atoms with Gasteiger partial charge < -0.3 is 14.0 Å². The van der Waals surface area contributed by atoms with Gasteiger partial charge in [-0.05, 0) is 40.7 Å². The molecular formula is C13H19BN2O4. The summed E-state index contributed by atoms with van der Waals surface area (Å²) in [5.41, 5.74) is -0.187. The highest BCUT2D eigenvalue weighted by Crippen LogP contribution is 2.36. The Hall–Kier alpha value is -1.47. The van der Waals surface area contributed by atoms with E-state index in [0.29, 0.717) is 12.2 Å². The first-order chi connectivity index (χ1) is 9.27. The molecule has 108 valence electrons. The highest BCUT2D eigenvalue weighted by molar-refractivity contribution is 6.61. The fourth-order valence-electron chi connectivity index (χ4n) is 1.78. The van der Waals surface area contributed by atoms with Gasteiger partial charge in [0.15, 0.2) is 5.69 Å². The molecule has 0 aromatic carbocycles. The summed E-state index contributed by atoms with van der Waals surface area (Å²) in [6.45, 7) is 9.88. The molecule has 1 saturated heterocycles. The Morgan fingerprint density at radius 2 is 1.85 bits per heavy atom. The van der Waals surface area contributed by atoms with Crippen LogP contribution in [0.3, 0.4) is 0 Å². The third kappa shape index (κ3) is 2.69. The molecule has 1 aromatic heterocycles. The molecule has 1 aliphatic rings. The number of ether oxygens (including phenoxy) is 1. The lowest BCUT2D eigenvalue weighted by atomic mass is 9.84. The van der Waals surface area contributed by atoms with Crippen LogP contribution in [-0.2, 0) is 14.0 Å². The van der Waals surface area contributed by atoms with Crippen LogP contribution in [-0.4, -0.2) is 40.9 Å². The summed E-state index contributed by atoms with van der Waals surface area (Å²) >= 11 is 0. The summed E-state index contributed by atoms with van der Waals surface area (Å²) in [4.78, 5) is 19.7. The van der Waals surface area contributed by atoms with Crippen LogP contribution in [0.25, 0.3) is 0 Å². The van der Waals surface area contributed by atoms with E-state index < -0.39 is 24.3 Å². The predicted molar refractivity (Wildman–Crippen MR) is 73.7 cm³/mol. The third-order valence-corrected chi connectivity index (χ3v) is 3.67. The highest BCUT2D eigenvalue weighted by atomic mass is 16.7. The van der Waals surface area contributed by atoms with Gasteiger partial charge in [0, 0.05) is 0 Å². The van der Waals surface area contributed by atoms with Gasteiger partial charge in [-0.25, -0.2) is 14.8 Å². The van der Waals surface area contributed by atoms with Gasteiger partial charge in [-0.1, -0.05) is 0 Å². The molecule has 0 N–H and O–H groups in total. The van der Waals surface area contributed by atoms with Crippen LogP contribution in [0.2, 0.25) is 0 Å². The van der Waals surface area contributed by atoms with Gasteiger partial charge in [-0.15, -0.1) is 0 Å². The van der Waals surface area contributed by atoms with Crippen molar-refractivity contribution in [1.29, 1.82) is 0 Å². The number of rotatable bonds is 3. The number of carbonyl (C=O) groups is 1. The van der Waals surface area contributed by atoms with E-state index in [1.807, 2.05) is 27.7 Å². The lowest BCUT2D eigenvalue weighted by Gasteiger charge is -2.32. The number of hydrogen-bond acceptors (Lipinski definition) is 6. The Morgan fingerprint density at radius 3 is 2.40 bits per heavy atom. The van der Waals surface area contributed by atoms with Gasteiger partial charge in [0.1, 0.15) is 6.33 Å². The predicted octanol–water partition coefficient (Wildman–Crippen LogP) is 0.952. The Bertz CT molecular complexity index is 503.